The molecule has 3 N–H and O–H groups in total. The predicted molar refractivity (Wildman–Crippen MR) is 251 cm³/mol. The third kappa shape index (κ3) is 44.0. The molecule has 2 unspecified atom stereocenters. The van der Waals surface area contributed by atoms with E-state index in [1.807, 2.05) is 0 Å². The van der Waals surface area contributed by atoms with Crippen molar-refractivity contribution in [2.45, 2.75) is 155 Å². The van der Waals surface area contributed by atoms with E-state index in [1.54, 1.807) is 0 Å². The van der Waals surface area contributed by atoms with Crippen molar-refractivity contribution in [1.29, 1.82) is 0 Å². The first kappa shape index (κ1) is 56.4. The van der Waals surface area contributed by atoms with E-state index in [2.05, 4.69) is 135 Å². The van der Waals surface area contributed by atoms with Crippen LogP contribution in [-0.4, -0.2) is 49.3 Å². The van der Waals surface area contributed by atoms with Gasteiger partial charge in [0.2, 0.25) is 0 Å². The number of hydrogen-bond donors (Lipinski definition) is 2. The highest BCUT2D eigenvalue weighted by atomic mass is 31.2. The molecule has 0 spiro atoms. The van der Waals surface area contributed by atoms with Gasteiger partial charge in [-0.05, 0) is 89.9 Å². The van der Waals surface area contributed by atoms with Gasteiger partial charge in [0.1, 0.15) is 6.61 Å². The number of rotatable bonds is 40. The first-order chi connectivity index (χ1) is 29.3. The number of nitrogens with two attached hydrogens (primary N) is 1. The van der Waals surface area contributed by atoms with Gasteiger partial charge in [0.05, 0.1) is 13.2 Å². The fourth-order valence-electron chi connectivity index (χ4n) is 5.31. The lowest BCUT2D eigenvalue weighted by atomic mass is 10.1. The van der Waals surface area contributed by atoms with E-state index in [-0.39, 0.29) is 32.6 Å². The quantitative estimate of drug-likeness (QED) is 0.0267. The van der Waals surface area contributed by atoms with Crippen LogP contribution in [0.3, 0.4) is 0 Å². The maximum Gasteiger partial charge on any atom is 0.472 e. The van der Waals surface area contributed by atoms with Crippen LogP contribution in [0.25, 0.3) is 0 Å². The second kappa shape index (κ2) is 44.9. The van der Waals surface area contributed by atoms with Crippen molar-refractivity contribution in [3.63, 3.8) is 0 Å². The highest BCUT2D eigenvalue weighted by Crippen LogP contribution is 2.43. The van der Waals surface area contributed by atoms with Crippen LogP contribution in [0.5, 0.6) is 0 Å². The zero-order valence-corrected chi connectivity index (χ0v) is 38.0. The minimum absolute atomic E-state index is 0.0398. The number of unbranched alkanes of at least 4 members (excludes halogenated alkanes) is 7. The maximum atomic E-state index is 12.5. The molecule has 0 aliphatic rings. The second-order valence-electron chi connectivity index (χ2n) is 14.2. The Morgan fingerprint density at radius 2 is 0.917 bits per heavy atom. The summed E-state index contributed by atoms with van der Waals surface area (Å²) >= 11 is 0. The normalized spacial score (nSPS) is 14.4. The number of carbonyl (C=O) groups is 2. The molecular formula is C50H80NO8P. The Labute approximate surface area is 364 Å². The Morgan fingerprint density at radius 1 is 0.517 bits per heavy atom. The first-order valence-electron chi connectivity index (χ1n) is 22.5. The molecule has 0 aromatic carbocycles. The molecule has 0 aromatic heterocycles. The van der Waals surface area contributed by atoms with Gasteiger partial charge in [-0.1, -0.05) is 167 Å². The van der Waals surface area contributed by atoms with Crippen LogP contribution < -0.4 is 5.73 Å². The molecule has 0 fully saturated rings. The summed E-state index contributed by atoms with van der Waals surface area (Å²) in [5, 5.41) is 0. The molecule has 10 heteroatoms. The van der Waals surface area contributed by atoms with Gasteiger partial charge >= 0.3 is 19.8 Å². The topological polar surface area (TPSA) is 134 Å². The predicted octanol–water partition coefficient (Wildman–Crippen LogP) is 13.3. The SMILES string of the molecule is CC/C=C\C/C=C\C/C=C\C/C=C\C/C=C\C/C=C\C/C=C\C/C=C\C/C=C\C/C=C\CCCCC(=O)OC(COC(=O)CCCCCCCC)COP(=O)(O)OCCN. The summed E-state index contributed by atoms with van der Waals surface area (Å²) in [6.07, 6.45) is 61.4. The number of esters is 2. The van der Waals surface area contributed by atoms with E-state index in [1.165, 1.54) is 6.42 Å². The summed E-state index contributed by atoms with van der Waals surface area (Å²) in [5.41, 5.74) is 5.32. The second-order valence-corrected chi connectivity index (χ2v) is 15.6. The average molecular weight is 854 g/mol. The third-order valence-corrected chi connectivity index (χ3v) is 9.60. The smallest absolute Gasteiger partial charge is 0.462 e. The van der Waals surface area contributed by atoms with Gasteiger partial charge in [-0.15, -0.1) is 0 Å². The zero-order valence-electron chi connectivity index (χ0n) is 37.1. The van der Waals surface area contributed by atoms with Gasteiger partial charge in [0.15, 0.2) is 6.10 Å². The molecule has 0 heterocycles. The molecule has 0 saturated heterocycles. The molecule has 2 atom stereocenters. The minimum atomic E-state index is -4.39. The molecule has 0 rings (SSSR count). The highest BCUT2D eigenvalue weighted by molar-refractivity contribution is 7.47. The molecule has 0 bridgehead atoms. The number of phosphoric ester groups is 1. The lowest BCUT2D eigenvalue weighted by Gasteiger charge is -2.19. The van der Waals surface area contributed by atoms with Crippen LogP contribution in [0.4, 0.5) is 0 Å². The van der Waals surface area contributed by atoms with E-state index < -0.39 is 32.5 Å². The Balaban J connectivity index is 4.10. The van der Waals surface area contributed by atoms with Crippen LogP contribution in [0.2, 0.25) is 0 Å². The van der Waals surface area contributed by atoms with Crippen molar-refractivity contribution in [2.24, 2.45) is 5.73 Å². The number of hydrogen-bond acceptors (Lipinski definition) is 8. The van der Waals surface area contributed by atoms with Gasteiger partial charge in [-0.25, -0.2) is 4.57 Å². The fraction of sp³-hybridized carbons (Fsp3) is 0.560. The number of ether oxygens (including phenoxy) is 2. The van der Waals surface area contributed by atoms with E-state index in [9.17, 15) is 19.0 Å². The van der Waals surface area contributed by atoms with Gasteiger partial charge in [-0.2, -0.15) is 0 Å². The van der Waals surface area contributed by atoms with E-state index in [0.717, 1.165) is 109 Å². The summed E-state index contributed by atoms with van der Waals surface area (Å²) in [4.78, 5) is 34.6. The van der Waals surface area contributed by atoms with Crippen LogP contribution in [-0.2, 0) is 32.7 Å². The molecule has 338 valence electrons. The van der Waals surface area contributed by atoms with Gasteiger partial charge < -0.3 is 20.1 Å². The molecule has 0 aromatic rings. The van der Waals surface area contributed by atoms with E-state index >= 15 is 0 Å². The molecule has 0 aliphatic heterocycles. The minimum Gasteiger partial charge on any atom is -0.462 e. The zero-order chi connectivity index (χ0) is 43.9. The number of carbonyl (C=O) groups excluding carboxylic acids is 2. The standard InChI is InChI=1S/C50H80NO8P/c1-3-5-7-9-11-12-13-14-15-16-17-18-19-20-21-22-23-24-25-26-27-28-29-30-31-32-33-34-35-36-37-39-41-43-50(53)59-48(47-58-60(54,55)57-45-44-51)46-56-49(52)42-40-38-10-8-6-4-2/h5,7,11-12,14-15,17-18,20-21,23-24,26-27,29-30,32-33,35-36,48H,3-4,6,8-10,13,16,19,22,25,28,31,34,37-47,51H2,1-2H3,(H,54,55)/b7-5-,12-11-,15-14-,18-17-,21-20-,24-23-,27-26-,30-29-,33-32-,36-35-. The lowest BCUT2D eigenvalue weighted by molar-refractivity contribution is -0.161. The monoisotopic (exact) mass is 854 g/mol. The van der Waals surface area contributed by atoms with Crippen LogP contribution in [0.15, 0.2) is 122 Å². The third-order valence-electron chi connectivity index (χ3n) is 8.61. The Kier molecular flexibility index (Phi) is 42.3. The lowest BCUT2D eigenvalue weighted by Crippen LogP contribution is -2.29. The summed E-state index contributed by atoms with van der Waals surface area (Å²) in [6, 6.07) is 0. The van der Waals surface area contributed by atoms with Gasteiger partial charge in [0, 0.05) is 19.4 Å². The van der Waals surface area contributed by atoms with Crippen LogP contribution in [0.1, 0.15) is 149 Å². The van der Waals surface area contributed by atoms with E-state index in [4.69, 9.17) is 24.3 Å². The van der Waals surface area contributed by atoms with Crippen molar-refractivity contribution in [2.75, 3.05) is 26.4 Å². The Hall–Kier alpha value is -3.59. The van der Waals surface area contributed by atoms with Gasteiger partial charge in [-0.3, -0.25) is 18.6 Å². The van der Waals surface area contributed by atoms with Crippen molar-refractivity contribution in [3.05, 3.63) is 122 Å². The highest BCUT2D eigenvalue weighted by Gasteiger charge is 2.25. The van der Waals surface area contributed by atoms with E-state index in [0.29, 0.717) is 6.42 Å². The Bertz CT molecular complexity index is 1390. The molecule has 9 nitrogen and oxygen atoms in total. The summed E-state index contributed by atoms with van der Waals surface area (Å²) in [6.45, 7) is 3.45. The summed E-state index contributed by atoms with van der Waals surface area (Å²) < 4.78 is 32.5. The van der Waals surface area contributed by atoms with Crippen molar-refractivity contribution < 1.29 is 37.6 Å². The number of phosphoric acid groups is 1. The summed E-state index contributed by atoms with van der Waals surface area (Å²) in [5.74, 6) is -0.903. The van der Waals surface area contributed by atoms with Crippen molar-refractivity contribution in [3.8, 4) is 0 Å². The molecule has 0 saturated carbocycles. The van der Waals surface area contributed by atoms with Crippen LogP contribution in [0, 0.1) is 0 Å². The summed E-state index contributed by atoms with van der Waals surface area (Å²) in [7, 11) is -4.39. The molecule has 60 heavy (non-hydrogen) atoms. The Morgan fingerprint density at radius 3 is 1.37 bits per heavy atom. The largest absolute Gasteiger partial charge is 0.472 e. The van der Waals surface area contributed by atoms with Crippen molar-refractivity contribution in [1.82, 2.24) is 0 Å². The molecule has 0 radical (unpaired) electrons. The average Bonchev–Trinajstić information content (AvgIpc) is 3.24. The number of allylic oxidation sites excluding steroid dienone is 20. The molecular weight excluding hydrogens is 774 g/mol. The maximum absolute atomic E-state index is 12.5. The molecule has 0 aliphatic carbocycles. The fourth-order valence-corrected chi connectivity index (χ4v) is 6.07. The van der Waals surface area contributed by atoms with Crippen molar-refractivity contribution >= 4 is 19.8 Å². The first-order valence-corrected chi connectivity index (χ1v) is 24.0. The van der Waals surface area contributed by atoms with Crippen LogP contribution >= 0.6 is 7.82 Å². The molecule has 0 amide bonds. The van der Waals surface area contributed by atoms with Gasteiger partial charge in [0.25, 0.3) is 0 Å².